The lowest BCUT2D eigenvalue weighted by atomic mass is 9.99. The summed E-state index contributed by atoms with van der Waals surface area (Å²) in [5, 5.41) is 18.2. The number of hydrogen-bond donors (Lipinski definition) is 3. The van der Waals surface area contributed by atoms with E-state index in [-0.39, 0.29) is 18.8 Å². The minimum absolute atomic E-state index is 0.0600. The predicted octanol–water partition coefficient (Wildman–Crippen LogP) is 5.30. The van der Waals surface area contributed by atoms with E-state index in [1.807, 2.05) is 43.3 Å². The second kappa shape index (κ2) is 11.8. The molecule has 3 amide bonds. The van der Waals surface area contributed by atoms with Gasteiger partial charge in [-0.3, -0.25) is 9.59 Å². The summed E-state index contributed by atoms with van der Waals surface area (Å²) in [4.78, 5) is 40.6. The van der Waals surface area contributed by atoms with Gasteiger partial charge in [0.1, 0.15) is 23.9 Å². The molecule has 0 saturated carbocycles. The molecule has 8 nitrogen and oxygen atoms in total. The second-order valence-electron chi connectivity index (χ2n) is 9.91. The SMILES string of the molecule is CCCN(C(=O)CNC(=O)OC(C)(C)C)C(C(=O)Nc1ccc2ccccc2c1)c1cccc(C)c1O. The van der Waals surface area contributed by atoms with Gasteiger partial charge in [0.15, 0.2) is 0 Å². The normalized spacial score (nSPS) is 12.0. The van der Waals surface area contributed by atoms with Gasteiger partial charge in [0.25, 0.3) is 5.91 Å². The van der Waals surface area contributed by atoms with Gasteiger partial charge in [-0.2, -0.15) is 0 Å². The highest BCUT2D eigenvalue weighted by Crippen LogP contribution is 2.33. The Bertz CT molecular complexity index is 1280. The number of hydrogen-bond acceptors (Lipinski definition) is 5. The number of phenolic OH excluding ortho intramolecular Hbond substituents is 1. The third kappa shape index (κ3) is 7.22. The van der Waals surface area contributed by atoms with E-state index in [9.17, 15) is 19.5 Å². The van der Waals surface area contributed by atoms with Crippen LogP contribution in [0.1, 0.15) is 51.3 Å². The van der Waals surface area contributed by atoms with Crippen LogP contribution in [0.4, 0.5) is 10.5 Å². The van der Waals surface area contributed by atoms with Gasteiger partial charge in [-0.15, -0.1) is 0 Å². The maximum Gasteiger partial charge on any atom is 0.408 e. The van der Waals surface area contributed by atoms with Crippen LogP contribution in [0.3, 0.4) is 0 Å². The predicted molar refractivity (Wildman–Crippen MR) is 144 cm³/mol. The number of ether oxygens (including phenoxy) is 1. The van der Waals surface area contributed by atoms with Crippen molar-refractivity contribution in [1.29, 1.82) is 0 Å². The monoisotopic (exact) mass is 505 g/mol. The molecule has 0 saturated heterocycles. The smallest absolute Gasteiger partial charge is 0.408 e. The molecular formula is C29H35N3O5. The molecule has 1 unspecified atom stereocenters. The third-order valence-electron chi connectivity index (χ3n) is 5.71. The van der Waals surface area contributed by atoms with E-state index in [0.29, 0.717) is 23.2 Å². The van der Waals surface area contributed by atoms with Crippen LogP contribution in [0, 0.1) is 6.92 Å². The first-order chi connectivity index (χ1) is 17.5. The molecule has 0 aliphatic carbocycles. The Morgan fingerprint density at radius 3 is 2.38 bits per heavy atom. The Hall–Kier alpha value is -4.07. The third-order valence-corrected chi connectivity index (χ3v) is 5.71. The topological polar surface area (TPSA) is 108 Å². The highest BCUT2D eigenvalue weighted by molar-refractivity contribution is 6.00. The van der Waals surface area contributed by atoms with Crippen LogP contribution < -0.4 is 10.6 Å². The molecule has 0 aliphatic rings. The Kier molecular flexibility index (Phi) is 8.76. The number of benzene rings is 3. The fourth-order valence-electron chi connectivity index (χ4n) is 4.03. The molecule has 3 aromatic rings. The number of rotatable bonds is 8. The number of phenols is 1. The standard InChI is InChI=1S/C29H35N3O5/c1-6-16-32(24(33)18-30-28(36)37-29(3,4)5)25(23-13-9-10-19(2)26(23)34)27(35)31-22-15-14-20-11-7-8-12-21(20)17-22/h7-15,17,25,34H,6,16,18H2,1-5H3,(H,30,36)(H,31,35). The Morgan fingerprint density at radius 2 is 1.70 bits per heavy atom. The average molecular weight is 506 g/mol. The quantitative estimate of drug-likeness (QED) is 0.385. The molecule has 196 valence electrons. The Balaban J connectivity index is 1.93. The lowest BCUT2D eigenvalue weighted by molar-refractivity contribution is -0.138. The molecule has 0 aliphatic heterocycles. The van der Waals surface area contributed by atoms with Crippen LogP contribution in [0.25, 0.3) is 10.8 Å². The number of fused-ring (bicyclic) bond motifs is 1. The van der Waals surface area contributed by atoms with Crippen molar-refractivity contribution in [2.24, 2.45) is 0 Å². The first-order valence-corrected chi connectivity index (χ1v) is 12.3. The highest BCUT2D eigenvalue weighted by Gasteiger charge is 2.33. The molecule has 0 heterocycles. The first-order valence-electron chi connectivity index (χ1n) is 12.3. The zero-order valence-corrected chi connectivity index (χ0v) is 22.0. The van der Waals surface area contributed by atoms with Gasteiger partial charge in [-0.25, -0.2) is 4.79 Å². The molecule has 0 spiro atoms. The molecule has 37 heavy (non-hydrogen) atoms. The van der Waals surface area contributed by atoms with Crippen LogP contribution in [-0.4, -0.2) is 46.6 Å². The number of carbonyl (C=O) groups is 3. The summed E-state index contributed by atoms with van der Waals surface area (Å²) in [6.45, 7) is 8.67. The molecule has 1 atom stereocenters. The number of nitrogens with one attached hydrogen (secondary N) is 2. The molecule has 3 N–H and O–H groups in total. The van der Waals surface area contributed by atoms with Gasteiger partial charge >= 0.3 is 6.09 Å². The van der Waals surface area contributed by atoms with Gasteiger partial charge in [0.2, 0.25) is 5.91 Å². The van der Waals surface area contributed by atoms with Crippen molar-refractivity contribution in [1.82, 2.24) is 10.2 Å². The van der Waals surface area contributed by atoms with E-state index in [1.165, 1.54) is 4.90 Å². The number of amides is 3. The fourth-order valence-corrected chi connectivity index (χ4v) is 4.03. The number of anilines is 1. The van der Waals surface area contributed by atoms with E-state index >= 15 is 0 Å². The van der Waals surface area contributed by atoms with Crippen molar-refractivity contribution in [3.05, 3.63) is 71.8 Å². The maximum atomic E-state index is 13.7. The molecular weight excluding hydrogens is 470 g/mol. The van der Waals surface area contributed by atoms with Crippen molar-refractivity contribution in [2.45, 2.75) is 52.7 Å². The van der Waals surface area contributed by atoms with Gasteiger partial charge in [0.05, 0.1) is 0 Å². The lowest BCUT2D eigenvalue weighted by Crippen LogP contribution is -2.46. The van der Waals surface area contributed by atoms with E-state index in [1.54, 1.807) is 52.0 Å². The zero-order valence-electron chi connectivity index (χ0n) is 22.0. The van der Waals surface area contributed by atoms with Crippen molar-refractivity contribution in [2.75, 3.05) is 18.4 Å². The number of nitrogens with zero attached hydrogens (tertiary/aromatic N) is 1. The van der Waals surface area contributed by atoms with Crippen molar-refractivity contribution in [3.8, 4) is 5.75 Å². The van der Waals surface area contributed by atoms with Crippen molar-refractivity contribution in [3.63, 3.8) is 0 Å². The van der Waals surface area contributed by atoms with Crippen LogP contribution in [0.5, 0.6) is 5.75 Å². The summed E-state index contributed by atoms with van der Waals surface area (Å²) in [6, 6.07) is 17.3. The summed E-state index contributed by atoms with van der Waals surface area (Å²) in [5.41, 5.74) is 0.733. The van der Waals surface area contributed by atoms with Gasteiger partial charge in [0, 0.05) is 17.8 Å². The largest absolute Gasteiger partial charge is 0.507 e. The summed E-state index contributed by atoms with van der Waals surface area (Å²) in [7, 11) is 0. The van der Waals surface area contributed by atoms with Crippen LogP contribution >= 0.6 is 0 Å². The molecule has 0 aromatic heterocycles. The van der Waals surface area contributed by atoms with Crippen molar-refractivity contribution >= 4 is 34.4 Å². The van der Waals surface area contributed by atoms with Gasteiger partial charge < -0.3 is 25.4 Å². The van der Waals surface area contributed by atoms with Crippen LogP contribution in [0.2, 0.25) is 0 Å². The fraction of sp³-hybridized carbons (Fsp3) is 0.345. The number of para-hydroxylation sites is 1. The van der Waals surface area contributed by atoms with Crippen molar-refractivity contribution < 1.29 is 24.2 Å². The van der Waals surface area contributed by atoms with E-state index in [2.05, 4.69) is 10.6 Å². The highest BCUT2D eigenvalue weighted by atomic mass is 16.6. The minimum atomic E-state index is -1.13. The van der Waals surface area contributed by atoms with E-state index < -0.39 is 29.6 Å². The molecule has 3 rings (SSSR count). The molecule has 0 bridgehead atoms. The van der Waals surface area contributed by atoms with Crippen LogP contribution in [-0.2, 0) is 14.3 Å². The minimum Gasteiger partial charge on any atom is -0.507 e. The second-order valence-corrected chi connectivity index (χ2v) is 9.91. The maximum absolute atomic E-state index is 13.7. The number of aryl methyl sites for hydroxylation is 1. The van der Waals surface area contributed by atoms with E-state index in [0.717, 1.165) is 10.8 Å². The molecule has 0 fully saturated rings. The number of alkyl carbamates (subject to hydrolysis) is 1. The average Bonchev–Trinajstić information content (AvgIpc) is 2.83. The lowest BCUT2D eigenvalue weighted by Gasteiger charge is -2.32. The summed E-state index contributed by atoms with van der Waals surface area (Å²) in [5.74, 6) is -1.02. The Labute approximate surface area is 217 Å². The summed E-state index contributed by atoms with van der Waals surface area (Å²) < 4.78 is 5.23. The van der Waals surface area contributed by atoms with Gasteiger partial charge in [-0.05, 0) is 62.6 Å². The number of aromatic hydroxyl groups is 1. The van der Waals surface area contributed by atoms with Gasteiger partial charge in [-0.1, -0.05) is 55.5 Å². The zero-order chi connectivity index (χ0) is 27.2. The summed E-state index contributed by atoms with van der Waals surface area (Å²) in [6.07, 6.45) is -0.169. The molecule has 0 radical (unpaired) electrons. The first kappa shape index (κ1) is 27.5. The molecule has 3 aromatic carbocycles. The molecule has 8 heteroatoms. The van der Waals surface area contributed by atoms with E-state index in [4.69, 9.17) is 4.74 Å². The summed E-state index contributed by atoms with van der Waals surface area (Å²) >= 11 is 0. The number of carbonyl (C=O) groups excluding carboxylic acids is 3. The Morgan fingerprint density at radius 1 is 1.00 bits per heavy atom. The van der Waals surface area contributed by atoms with Crippen LogP contribution in [0.15, 0.2) is 60.7 Å².